The van der Waals surface area contributed by atoms with Crippen molar-refractivity contribution in [1.29, 1.82) is 0 Å². The third-order valence-electron chi connectivity index (χ3n) is 1.36. The Labute approximate surface area is 76.5 Å². The molecule has 4 heteroatoms. The van der Waals surface area contributed by atoms with Crippen LogP contribution in [0.3, 0.4) is 0 Å². The average Bonchev–Trinajstić information content (AvgIpc) is 2.08. The summed E-state index contributed by atoms with van der Waals surface area (Å²) in [5, 5.41) is 0. The molecule has 0 saturated heterocycles. The molecule has 0 saturated carbocycles. The van der Waals surface area contributed by atoms with Crippen LogP contribution in [0.2, 0.25) is 0 Å². The Morgan fingerprint density at radius 2 is 2.17 bits per heavy atom. The van der Waals surface area contributed by atoms with Crippen LogP contribution in [0.5, 0.6) is 0 Å². The van der Waals surface area contributed by atoms with Crippen LogP contribution in [0.1, 0.15) is 10.4 Å². The number of rotatable bonds is 2. The lowest BCUT2D eigenvalue weighted by Gasteiger charge is -1.97. The fourth-order valence-corrected chi connectivity index (χ4v) is 0.993. The largest absolute Gasteiger partial charge is 0.291 e. The summed E-state index contributed by atoms with van der Waals surface area (Å²) >= 11 is 2.92. The van der Waals surface area contributed by atoms with Crippen LogP contribution in [-0.4, -0.2) is 12.5 Å². The monoisotopic (exact) mass is 234 g/mol. The Kier molecular flexibility index (Phi) is 2.92. The van der Waals surface area contributed by atoms with Crippen LogP contribution in [0, 0.1) is 5.82 Å². The van der Waals surface area contributed by atoms with E-state index in [0.29, 0.717) is 0 Å². The number of alkyl halides is 1. The summed E-state index contributed by atoms with van der Waals surface area (Å²) < 4.78 is 24.8. The molecule has 0 aliphatic rings. The molecule has 12 heavy (non-hydrogen) atoms. The minimum Gasteiger partial charge on any atom is -0.291 e. The van der Waals surface area contributed by atoms with Gasteiger partial charge in [0.25, 0.3) is 0 Å². The molecule has 0 aromatic heterocycles. The molecule has 0 N–H and O–H groups in total. The van der Waals surface area contributed by atoms with Gasteiger partial charge in [-0.3, -0.25) is 4.79 Å². The molecule has 0 fully saturated rings. The van der Waals surface area contributed by atoms with Gasteiger partial charge in [-0.05, 0) is 34.1 Å². The van der Waals surface area contributed by atoms with Crippen molar-refractivity contribution in [3.8, 4) is 0 Å². The fraction of sp³-hybridized carbons (Fsp3) is 0.125. The van der Waals surface area contributed by atoms with Crippen LogP contribution >= 0.6 is 15.9 Å². The zero-order valence-corrected chi connectivity index (χ0v) is 7.57. The predicted molar refractivity (Wildman–Crippen MR) is 44.4 cm³/mol. The zero-order chi connectivity index (χ0) is 9.14. The SMILES string of the molecule is O=C(CF)c1ccc(Br)c(F)c1. The first kappa shape index (κ1) is 9.32. The number of halogens is 3. The highest BCUT2D eigenvalue weighted by molar-refractivity contribution is 9.10. The van der Waals surface area contributed by atoms with E-state index in [-0.39, 0.29) is 10.0 Å². The first-order chi connectivity index (χ1) is 5.65. The standard InChI is InChI=1S/C8H5BrF2O/c9-6-2-1-5(3-7(6)11)8(12)4-10/h1-3H,4H2. The maximum absolute atomic E-state index is 12.8. The summed E-state index contributed by atoms with van der Waals surface area (Å²) in [5.74, 6) is -1.27. The van der Waals surface area contributed by atoms with E-state index in [0.717, 1.165) is 6.07 Å². The van der Waals surface area contributed by atoms with E-state index in [1.807, 2.05) is 0 Å². The molecule has 0 amide bonds. The number of hydrogen-bond acceptors (Lipinski definition) is 1. The third-order valence-corrected chi connectivity index (χ3v) is 2.01. The highest BCUT2D eigenvalue weighted by atomic mass is 79.9. The number of hydrogen-bond donors (Lipinski definition) is 0. The van der Waals surface area contributed by atoms with E-state index >= 15 is 0 Å². The van der Waals surface area contributed by atoms with E-state index in [1.165, 1.54) is 12.1 Å². The van der Waals surface area contributed by atoms with Crippen LogP contribution in [-0.2, 0) is 0 Å². The molecule has 0 aliphatic carbocycles. The topological polar surface area (TPSA) is 17.1 Å². The molecule has 0 radical (unpaired) electrons. The Balaban J connectivity index is 3.05. The Hall–Kier alpha value is -0.770. The molecule has 1 nitrogen and oxygen atoms in total. The van der Waals surface area contributed by atoms with Crippen molar-refractivity contribution >= 4 is 21.7 Å². The van der Waals surface area contributed by atoms with Crippen molar-refractivity contribution in [1.82, 2.24) is 0 Å². The highest BCUT2D eigenvalue weighted by Crippen LogP contribution is 2.16. The minimum absolute atomic E-state index is 0.0539. The molecule has 1 aromatic carbocycles. The fourth-order valence-electron chi connectivity index (χ4n) is 0.747. The number of benzene rings is 1. The summed E-state index contributed by atoms with van der Waals surface area (Å²) in [6, 6.07) is 3.75. The van der Waals surface area contributed by atoms with Crippen molar-refractivity contribution in [2.24, 2.45) is 0 Å². The molecule has 0 heterocycles. The highest BCUT2D eigenvalue weighted by Gasteiger charge is 2.07. The second-order valence-electron chi connectivity index (χ2n) is 2.19. The number of Topliss-reactive ketones (excluding diaryl/α,β-unsaturated/α-hetero) is 1. The Morgan fingerprint density at radius 1 is 1.50 bits per heavy atom. The summed E-state index contributed by atoms with van der Waals surface area (Å²) in [5.41, 5.74) is 0.0539. The van der Waals surface area contributed by atoms with Gasteiger partial charge in [0.05, 0.1) is 4.47 Å². The van der Waals surface area contributed by atoms with Crippen LogP contribution in [0.4, 0.5) is 8.78 Å². The van der Waals surface area contributed by atoms with Gasteiger partial charge >= 0.3 is 0 Å². The number of carbonyl (C=O) groups is 1. The molecule has 0 unspecified atom stereocenters. The maximum atomic E-state index is 12.8. The molecule has 0 aliphatic heterocycles. The van der Waals surface area contributed by atoms with Crippen molar-refractivity contribution in [2.75, 3.05) is 6.67 Å². The van der Waals surface area contributed by atoms with Gasteiger partial charge in [-0.2, -0.15) is 0 Å². The van der Waals surface area contributed by atoms with Crippen LogP contribution < -0.4 is 0 Å². The van der Waals surface area contributed by atoms with Crippen LogP contribution in [0.15, 0.2) is 22.7 Å². The summed E-state index contributed by atoms with van der Waals surface area (Å²) in [7, 11) is 0. The summed E-state index contributed by atoms with van der Waals surface area (Å²) in [6.45, 7) is -1.10. The second-order valence-corrected chi connectivity index (χ2v) is 3.04. The van der Waals surface area contributed by atoms with Gasteiger partial charge in [0.15, 0.2) is 12.5 Å². The van der Waals surface area contributed by atoms with Crippen molar-refractivity contribution in [3.63, 3.8) is 0 Å². The molecule has 0 bridgehead atoms. The molecule has 0 atom stereocenters. The van der Waals surface area contributed by atoms with Crippen molar-refractivity contribution in [2.45, 2.75) is 0 Å². The summed E-state index contributed by atoms with van der Waals surface area (Å²) in [4.78, 5) is 10.7. The molecular weight excluding hydrogens is 230 g/mol. The first-order valence-electron chi connectivity index (χ1n) is 3.19. The van der Waals surface area contributed by atoms with Crippen molar-refractivity contribution < 1.29 is 13.6 Å². The summed E-state index contributed by atoms with van der Waals surface area (Å²) in [6.07, 6.45) is 0. The van der Waals surface area contributed by atoms with E-state index in [4.69, 9.17) is 0 Å². The van der Waals surface area contributed by atoms with Gasteiger partial charge in [0.2, 0.25) is 0 Å². The molecule has 64 valence electrons. The van der Waals surface area contributed by atoms with E-state index < -0.39 is 18.3 Å². The number of carbonyl (C=O) groups excluding carboxylic acids is 1. The van der Waals surface area contributed by atoms with Crippen molar-refractivity contribution in [3.05, 3.63) is 34.1 Å². The number of ketones is 1. The van der Waals surface area contributed by atoms with Gasteiger partial charge in [-0.15, -0.1) is 0 Å². The lowest BCUT2D eigenvalue weighted by atomic mass is 10.1. The van der Waals surface area contributed by atoms with E-state index in [1.54, 1.807) is 0 Å². The average molecular weight is 235 g/mol. The van der Waals surface area contributed by atoms with E-state index in [9.17, 15) is 13.6 Å². The van der Waals surface area contributed by atoms with Gasteiger partial charge < -0.3 is 0 Å². The Bertz CT molecular complexity index is 312. The van der Waals surface area contributed by atoms with Gasteiger partial charge in [0.1, 0.15) is 5.82 Å². The smallest absolute Gasteiger partial charge is 0.193 e. The van der Waals surface area contributed by atoms with Crippen LogP contribution in [0.25, 0.3) is 0 Å². The predicted octanol–water partition coefficient (Wildman–Crippen LogP) is 2.74. The normalized spacial score (nSPS) is 9.92. The zero-order valence-electron chi connectivity index (χ0n) is 5.98. The third kappa shape index (κ3) is 1.88. The first-order valence-corrected chi connectivity index (χ1v) is 3.98. The van der Waals surface area contributed by atoms with Gasteiger partial charge in [-0.25, -0.2) is 8.78 Å². The lowest BCUT2D eigenvalue weighted by Crippen LogP contribution is -2.01. The second kappa shape index (κ2) is 3.76. The van der Waals surface area contributed by atoms with E-state index in [2.05, 4.69) is 15.9 Å². The molecule has 1 aromatic rings. The molecule has 1 rings (SSSR count). The quantitative estimate of drug-likeness (QED) is 0.720. The Morgan fingerprint density at radius 3 is 2.67 bits per heavy atom. The molecule has 0 spiro atoms. The lowest BCUT2D eigenvalue weighted by molar-refractivity contribution is 0.0958. The minimum atomic E-state index is -1.10. The van der Waals surface area contributed by atoms with Gasteiger partial charge in [-0.1, -0.05) is 0 Å². The molecular formula is C8H5BrF2O. The maximum Gasteiger partial charge on any atom is 0.193 e. The van der Waals surface area contributed by atoms with Gasteiger partial charge in [0, 0.05) is 5.56 Å².